The van der Waals surface area contributed by atoms with Crippen LogP contribution >= 0.6 is 0 Å². The van der Waals surface area contributed by atoms with Gasteiger partial charge in [-0.1, -0.05) is 0 Å². The Morgan fingerprint density at radius 2 is 2.26 bits per heavy atom. The fraction of sp³-hybridized carbons (Fsp3) is 0.273. The van der Waals surface area contributed by atoms with Gasteiger partial charge in [0.25, 0.3) is 5.91 Å². The van der Waals surface area contributed by atoms with Crippen LogP contribution in [0.3, 0.4) is 0 Å². The molecule has 0 spiro atoms. The fourth-order valence-corrected chi connectivity index (χ4v) is 1.28. The number of carbonyl (C=O) groups is 1. The molecule has 0 aromatic carbocycles. The van der Waals surface area contributed by atoms with Crippen LogP contribution in [0.25, 0.3) is 0 Å². The molecule has 2 aromatic rings. The lowest BCUT2D eigenvalue weighted by atomic mass is 10.3. The topological polar surface area (TPSA) is 102 Å². The van der Waals surface area contributed by atoms with Crippen LogP contribution in [0.5, 0.6) is 5.88 Å². The molecule has 2 aromatic heterocycles. The third-order valence-corrected chi connectivity index (χ3v) is 2.18. The van der Waals surface area contributed by atoms with E-state index in [1.807, 2.05) is 0 Å². The highest BCUT2D eigenvalue weighted by molar-refractivity contribution is 6.02. The number of nitrogens with zero attached hydrogens (tertiary/aromatic N) is 3. The third-order valence-electron chi connectivity index (χ3n) is 2.18. The van der Waals surface area contributed by atoms with E-state index in [4.69, 9.17) is 9.47 Å². The summed E-state index contributed by atoms with van der Waals surface area (Å²) in [5.41, 5.74) is 0.757. The summed E-state index contributed by atoms with van der Waals surface area (Å²) in [6.45, 7) is 0.917. The summed E-state index contributed by atoms with van der Waals surface area (Å²) in [5, 5.41) is 12.2. The lowest BCUT2D eigenvalue weighted by molar-refractivity contribution is 0.102. The first-order valence-corrected chi connectivity index (χ1v) is 5.54. The normalized spacial score (nSPS) is 10.2. The van der Waals surface area contributed by atoms with Crippen molar-refractivity contribution in [2.24, 2.45) is 0 Å². The zero-order valence-electron chi connectivity index (χ0n) is 10.3. The first kappa shape index (κ1) is 13.0. The van der Waals surface area contributed by atoms with Crippen molar-refractivity contribution in [1.82, 2.24) is 20.4 Å². The maximum absolute atomic E-state index is 11.7. The molecule has 8 heteroatoms. The van der Waals surface area contributed by atoms with Crippen molar-refractivity contribution in [2.45, 2.75) is 0 Å². The van der Waals surface area contributed by atoms with Crippen molar-refractivity contribution in [1.29, 1.82) is 0 Å². The number of anilines is 1. The maximum Gasteiger partial charge on any atom is 0.277 e. The molecule has 0 aliphatic carbocycles. The second-order valence-electron chi connectivity index (χ2n) is 3.54. The molecule has 1 amide bonds. The molecule has 2 heterocycles. The highest BCUT2D eigenvalue weighted by Gasteiger charge is 2.08. The summed E-state index contributed by atoms with van der Waals surface area (Å²) >= 11 is 0. The van der Waals surface area contributed by atoms with E-state index in [2.05, 4.69) is 25.7 Å². The minimum absolute atomic E-state index is 0.209. The van der Waals surface area contributed by atoms with E-state index >= 15 is 0 Å². The van der Waals surface area contributed by atoms with Gasteiger partial charge in [0.15, 0.2) is 5.69 Å². The van der Waals surface area contributed by atoms with Crippen molar-refractivity contribution in [3.63, 3.8) is 0 Å². The number of methoxy groups -OCH3 is 1. The minimum atomic E-state index is -0.358. The van der Waals surface area contributed by atoms with Crippen molar-refractivity contribution >= 4 is 11.6 Å². The van der Waals surface area contributed by atoms with E-state index in [0.29, 0.717) is 24.8 Å². The number of hydrogen-bond donors (Lipinski definition) is 2. The Labute approximate surface area is 109 Å². The van der Waals surface area contributed by atoms with Gasteiger partial charge in [0.2, 0.25) is 5.88 Å². The zero-order chi connectivity index (χ0) is 13.5. The molecule has 0 atom stereocenters. The van der Waals surface area contributed by atoms with Crippen LogP contribution in [0.15, 0.2) is 24.5 Å². The Balaban J connectivity index is 1.90. The molecule has 2 N–H and O–H groups in total. The SMILES string of the molecule is COCCOc1ccc(NC(=O)c2cn[nH]n2)cn1. The predicted octanol–water partition coefficient (Wildman–Crippen LogP) is 0.477. The molecule has 0 radical (unpaired) electrons. The van der Waals surface area contributed by atoms with Gasteiger partial charge >= 0.3 is 0 Å². The van der Waals surface area contributed by atoms with Gasteiger partial charge in [-0.15, -0.1) is 0 Å². The minimum Gasteiger partial charge on any atom is -0.475 e. The number of ether oxygens (including phenoxy) is 2. The summed E-state index contributed by atoms with van der Waals surface area (Å²) in [5.74, 6) is 0.111. The highest BCUT2D eigenvalue weighted by atomic mass is 16.5. The van der Waals surface area contributed by atoms with E-state index < -0.39 is 0 Å². The smallest absolute Gasteiger partial charge is 0.277 e. The highest BCUT2D eigenvalue weighted by Crippen LogP contribution is 2.12. The van der Waals surface area contributed by atoms with Crippen LogP contribution in [0, 0.1) is 0 Å². The number of amides is 1. The zero-order valence-corrected chi connectivity index (χ0v) is 10.3. The second kappa shape index (κ2) is 6.45. The molecule has 19 heavy (non-hydrogen) atoms. The van der Waals surface area contributed by atoms with E-state index in [9.17, 15) is 4.79 Å². The summed E-state index contributed by atoms with van der Waals surface area (Å²) in [6, 6.07) is 3.35. The average Bonchev–Trinajstić information content (AvgIpc) is 2.95. The molecule has 2 rings (SSSR count). The Hall–Kier alpha value is -2.48. The van der Waals surface area contributed by atoms with Crippen molar-refractivity contribution in [3.05, 3.63) is 30.2 Å². The van der Waals surface area contributed by atoms with Crippen molar-refractivity contribution in [3.8, 4) is 5.88 Å². The monoisotopic (exact) mass is 263 g/mol. The van der Waals surface area contributed by atoms with E-state index in [-0.39, 0.29) is 11.6 Å². The molecule has 0 aliphatic heterocycles. The Bertz CT molecular complexity index is 512. The van der Waals surface area contributed by atoms with Crippen LogP contribution in [0.4, 0.5) is 5.69 Å². The van der Waals surface area contributed by atoms with Crippen LogP contribution in [0.2, 0.25) is 0 Å². The van der Waals surface area contributed by atoms with Gasteiger partial charge in [-0.25, -0.2) is 4.98 Å². The summed E-state index contributed by atoms with van der Waals surface area (Å²) in [4.78, 5) is 15.7. The van der Waals surface area contributed by atoms with Crippen LogP contribution in [-0.2, 0) is 4.74 Å². The largest absolute Gasteiger partial charge is 0.475 e. The number of H-pyrrole nitrogens is 1. The van der Waals surface area contributed by atoms with E-state index in [1.165, 1.54) is 12.4 Å². The molecule has 0 saturated carbocycles. The van der Waals surface area contributed by atoms with E-state index in [1.54, 1.807) is 19.2 Å². The number of nitrogens with one attached hydrogen (secondary N) is 2. The quantitative estimate of drug-likeness (QED) is 0.735. The Kier molecular flexibility index (Phi) is 4.40. The van der Waals surface area contributed by atoms with Gasteiger partial charge < -0.3 is 14.8 Å². The first-order valence-electron chi connectivity index (χ1n) is 5.54. The fourth-order valence-electron chi connectivity index (χ4n) is 1.28. The molecule has 0 fully saturated rings. The van der Waals surface area contributed by atoms with Gasteiger partial charge in [0, 0.05) is 13.2 Å². The van der Waals surface area contributed by atoms with Gasteiger partial charge in [-0.05, 0) is 6.07 Å². The molecule has 0 bridgehead atoms. The molecular formula is C11H13N5O3. The number of pyridine rings is 1. The molecule has 8 nitrogen and oxygen atoms in total. The second-order valence-corrected chi connectivity index (χ2v) is 3.54. The van der Waals surface area contributed by atoms with Gasteiger partial charge in [0.05, 0.1) is 24.7 Å². The van der Waals surface area contributed by atoms with Crippen molar-refractivity contribution < 1.29 is 14.3 Å². The number of hydrogen-bond acceptors (Lipinski definition) is 6. The van der Waals surface area contributed by atoms with Crippen LogP contribution in [0.1, 0.15) is 10.5 Å². The average molecular weight is 263 g/mol. The predicted molar refractivity (Wildman–Crippen MR) is 65.9 cm³/mol. The number of carbonyl (C=O) groups excluding carboxylic acids is 1. The van der Waals surface area contributed by atoms with Gasteiger partial charge in [0.1, 0.15) is 6.61 Å². The van der Waals surface area contributed by atoms with Gasteiger partial charge in [-0.2, -0.15) is 15.4 Å². The number of aromatic amines is 1. The molecule has 0 aliphatic rings. The summed E-state index contributed by atoms with van der Waals surface area (Å²) in [7, 11) is 1.60. The number of aromatic nitrogens is 4. The van der Waals surface area contributed by atoms with Crippen molar-refractivity contribution in [2.75, 3.05) is 25.6 Å². The Morgan fingerprint density at radius 3 is 2.89 bits per heavy atom. The number of rotatable bonds is 6. The van der Waals surface area contributed by atoms with Gasteiger partial charge in [-0.3, -0.25) is 4.79 Å². The standard InChI is InChI=1S/C11H13N5O3/c1-18-4-5-19-10-3-2-8(6-12-10)14-11(17)9-7-13-16-15-9/h2-3,6-7H,4-5H2,1H3,(H,14,17)(H,13,15,16). The summed E-state index contributed by atoms with van der Waals surface area (Å²) in [6.07, 6.45) is 2.84. The van der Waals surface area contributed by atoms with Crippen LogP contribution < -0.4 is 10.1 Å². The molecule has 0 unspecified atom stereocenters. The Morgan fingerprint density at radius 1 is 1.37 bits per heavy atom. The molecular weight excluding hydrogens is 250 g/mol. The first-order chi connectivity index (χ1) is 9.29. The van der Waals surface area contributed by atoms with E-state index in [0.717, 1.165) is 0 Å². The lowest BCUT2D eigenvalue weighted by Gasteiger charge is -2.06. The van der Waals surface area contributed by atoms with Crippen LogP contribution in [-0.4, -0.2) is 46.6 Å². The molecule has 0 saturated heterocycles. The molecule has 100 valence electrons. The maximum atomic E-state index is 11.7. The lowest BCUT2D eigenvalue weighted by Crippen LogP contribution is -2.12. The summed E-state index contributed by atoms with van der Waals surface area (Å²) < 4.78 is 10.2. The third kappa shape index (κ3) is 3.75.